The van der Waals surface area contributed by atoms with Gasteiger partial charge in [-0.3, -0.25) is 0 Å². The maximum atomic E-state index is 12.4. The fraction of sp³-hybridized carbons (Fsp3) is 0.200. The van der Waals surface area contributed by atoms with Gasteiger partial charge in [-0.05, 0) is 44.5 Å². The van der Waals surface area contributed by atoms with Crippen LogP contribution in [-0.2, 0) is 16.4 Å². The summed E-state index contributed by atoms with van der Waals surface area (Å²) in [6.07, 6.45) is 0.581. The van der Waals surface area contributed by atoms with E-state index in [1.54, 1.807) is 24.3 Å². The van der Waals surface area contributed by atoms with Crippen molar-refractivity contribution in [2.75, 3.05) is 6.54 Å². The molecule has 4 aromatic rings. The summed E-state index contributed by atoms with van der Waals surface area (Å²) >= 11 is 4.85. The number of fused-ring (bicyclic) bond motifs is 1. The minimum atomic E-state index is -3.53. The second-order valence-electron chi connectivity index (χ2n) is 6.71. The standard InChI is InChI=1S/C20H19BrN4O2S2/c1-13-3-5-15(6-4-13)19-23-20-25(24-19)14(2)18(28-20)11-12-22-29(26,27)17-9-7-16(21)8-10-17/h3-10,22H,11-12H2,1-2H3. The molecule has 0 amide bonds. The molecule has 2 heterocycles. The van der Waals surface area contributed by atoms with Crippen LogP contribution in [0.25, 0.3) is 16.3 Å². The number of aromatic nitrogens is 3. The van der Waals surface area contributed by atoms with Crippen molar-refractivity contribution in [2.24, 2.45) is 0 Å². The number of hydrogen-bond donors (Lipinski definition) is 1. The summed E-state index contributed by atoms with van der Waals surface area (Å²) in [5.74, 6) is 0.696. The number of aryl methyl sites for hydroxylation is 2. The molecule has 0 aliphatic rings. The topological polar surface area (TPSA) is 76.4 Å². The third-order valence-corrected chi connectivity index (χ3v) is 7.79. The zero-order valence-electron chi connectivity index (χ0n) is 15.9. The molecule has 0 fully saturated rings. The van der Waals surface area contributed by atoms with E-state index in [-0.39, 0.29) is 4.90 Å². The highest BCUT2D eigenvalue weighted by Crippen LogP contribution is 2.25. The van der Waals surface area contributed by atoms with E-state index in [0.717, 1.165) is 25.6 Å². The number of halogens is 1. The first-order chi connectivity index (χ1) is 13.8. The zero-order valence-corrected chi connectivity index (χ0v) is 19.1. The number of nitrogens with one attached hydrogen (secondary N) is 1. The fourth-order valence-electron chi connectivity index (χ4n) is 2.94. The number of rotatable bonds is 6. The van der Waals surface area contributed by atoms with Gasteiger partial charge in [0, 0.05) is 21.5 Å². The van der Waals surface area contributed by atoms with Crippen LogP contribution in [0.5, 0.6) is 0 Å². The molecule has 9 heteroatoms. The summed E-state index contributed by atoms with van der Waals surface area (Å²) < 4.78 is 30.2. The van der Waals surface area contributed by atoms with E-state index in [1.165, 1.54) is 16.9 Å². The van der Waals surface area contributed by atoms with Crippen molar-refractivity contribution in [3.8, 4) is 11.4 Å². The van der Waals surface area contributed by atoms with Crippen LogP contribution in [0.3, 0.4) is 0 Å². The fourth-order valence-corrected chi connectivity index (χ4v) is 5.29. The molecule has 0 aliphatic heterocycles. The van der Waals surface area contributed by atoms with E-state index in [2.05, 4.69) is 30.7 Å². The van der Waals surface area contributed by atoms with E-state index in [1.807, 2.05) is 42.6 Å². The van der Waals surface area contributed by atoms with Crippen LogP contribution < -0.4 is 4.72 Å². The predicted octanol–water partition coefficient (Wildman–Crippen LogP) is 4.36. The molecule has 2 aromatic heterocycles. The Balaban J connectivity index is 1.47. The number of hydrogen-bond acceptors (Lipinski definition) is 5. The van der Waals surface area contributed by atoms with Gasteiger partial charge in [0.1, 0.15) is 0 Å². The molecule has 1 N–H and O–H groups in total. The van der Waals surface area contributed by atoms with Gasteiger partial charge in [0.25, 0.3) is 0 Å². The molecular weight excluding hydrogens is 472 g/mol. The number of benzene rings is 2. The Labute approximate surface area is 181 Å². The third kappa shape index (κ3) is 4.28. The molecule has 0 saturated heterocycles. The molecule has 0 aliphatic carbocycles. The van der Waals surface area contributed by atoms with Gasteiger partial charge >= 0.3 is 0 Å². The number of sulfonamides is 1. The molecule has 6 nitrogen and oxygen atoms in total. The summed E-state index contributed by atoms with van der Waals surface area (Å²) in [6.45, 7) is 4.34. The predicted molar refractivity (Wildman–Crippen MR) is 119 cm³/mol. The highest BCUT2D eigenvalue weighted by atomic mass is 79.9. The molecule has 29 heavy (non-hydrogen) atoms. The van der Waals surface area contributed by atoms with Crippen molar-refractivity contribution in [1.82, 2.24) is 19.3 Å². The lowest BCUT2D eigenvalue weighted by molar-refractivity contribution is 0.581. The van der Waals surface area contributed by atoms with Gasteiger partial charge in [-0.25, -0.2) is 17.7 Å². The van der Waals surface area contributed by atoms with Crippen LogP contribution >= 0.6 is 27.3 Å². The van der Waals surface area contributed by atoms with E-state index in [0.29, 0.717) is 18.8 Å². The Morgan fingerprint density at radius 1 is 1.07 bits per heavy atom. The molecule has 0 atom stereocenters. The van der Waals surface area contributed by atoms with Gasteiger partial charge in [0.15, 0.2) is 5.82 Å². The van der Waals surface area contributed by atoms with Gasteiger partial charge in [-0.2, -0.15) is 4.98 Å². The van der Waals surface area contributed by atoms with Gasteiger partial charge in [0.2, 0.25) is 15.0 Å². The van der Waals surface area contributed by atoms with Crippen LogP contribution in [0.1, 0.15) is 16.1 Å². The van der Waals surface area contributed by atoms with Gasteiger partial charge in [-0.1, -0.05) is 57.1 Å². The first-order valence-electron chi connectivity index (χ1n) is 9.01. The van der Waals surface area contributed by atoms with Crippen molar-refractivity contribution in [1.29, 1.82) is 0 Å². The second-order valence-corrected chi connectivity index (χ2v) is 10.5. The Bertz CT molecular complexity index is 1260. The highest BCUT2D eigenvalue weighted by molar-refractivity contribution is 9.10. The third-order valence-electron chi connectivity index (χ3n) is 4.59. The van der Waals surface area contributed by atoms with Crippen molar-refractivity contribution in [3.63, 3.8) is 0 Å². The maximum Gasteiger partial charge on any atom is 0.240 e. The van der Waals surface area contributed by atoms with Crippen LogP contribution in [-0.4, -0.2) is 29.6 Å². The Hall–Kier alpha value is -2.07. The smallest absolute Gasteiger partial charge is 0.211 e. The molecule has 0 bridgehead atoms. The van der Waals surface area contributed by atoms with Crippen LogP contribution in [0, 0.1) is 13.8 Å². The average molecular weight is 491 g/mol. The Kier molecular flexibility index (Phi) is 5.56. The highest BCUT2D eigenvalue weighted by Gasteiger charge is 2.16. The van der Waals surface area contributed by atoms with Crippen LogP contribution in [0.15, 0.2) is 57.9 Å². The van der Waals surface area contributed by atoms with Gasteiger partial charge in [-0.15, -0.1) is 5.10 Å². The van der Waals surface area contributed by atoms with Crippen molar-refractivity contribution >= 4 is 42.3 Å². The summed E-state index contributed by atoms with van der Waals surface area (Å²) in [5, 5.41) is 4.62. The van der Waals surface area contributed by atoms with Gasteiger partial charge in [0.05, 0.1) is 10.6 Å². The molecule has 0 radical (unpaired) electrons. The van der Waals surface area contributed by atoms with E-state index in [9.17, 15) is 8.42 Å². The molecular formula is C20H19BrN4O2S2. The zero-order chi connectivity index (χ0) is 20.6. The summed E-state index contributed by atoms with van der Waals surface area (Å²) in [4.78, 5) is 6.76. The molecule has 4 rings (SSSR count). The lowest BCUT2D eigenvalue weighted by Crippen LogP contribution is -2.25. The maximum absolute atomic E-state index is 12.4. The Morgan fingerprint density at radius 3 is 2.41 bits per heavy atom. The first kappa shape index (κ1) is 20.2. The lowest BCUT2D eigenvalue weighted by atomic mass is 10.1. The van der Waals surface area contributed by atoms with Crippen molar-refractivity contribution in [2.45, 2.75) is 25.2 Å². The molecule has 0 unspecified atom stereocenters. The quantitative estimate of drug-likeness (QED) is 0.435. The van der Waals surface area contributed by atoms with Crippen molar-refractivity contribution in [3.05, 3.63) is 69.1 Å². The lowest BCUT2D eigenvalue weighted by Gasteiger charge is -2.06. The Morgan fingerprint density at radius 2 is 1.76 bits per heavy atom. The summed E-state index contributed by atoms with van der Waals surface area (Å²) in [5.41, 5.74) is 3.16. The molecule has 150 valence electrons. The van der Waals surface area contributed by atoms with Crippen LogP contribution in [0.4, 0.5) is 0 Å². The second kappa shape index (κ2) is 7.98. The number of thiazole rings is 1. The van der Waals surface area contributed by atoms with E-state index < -0.39 is 10.0 Å². The van der Waals surface area contributed by atoms with E-state index in [4.69, 9.17) is 0 Å². The molecule has 0 saturated carbocycles. The summed E-state index contributed by atoms with van der Waals surface area (Å²) in [7, 11) is -3.53. The largest absolute Gasteiger partial charge is 0.240 e. The molecule has 2 aromatic carbocycles. The van der Waals surface area contributed by atoms with Gasteiger partial charge < -0.3 is 0 Å². The monoisotopic (exact) mass is 490 g/mol. The van der Waals surface area contributed by atoms with E-state index >= 15 is 0 Å². The normalized spacial score (nSPS) is 12.0. The SMILES string of the molecule is Cc1ccc(-c2nc3sc(CCNS(=O)(=O)c4ccc(Br)cc4)c(C)n3n2)cc1. The van der Waals surface area contributed by atoms with Crippen LogP contribution in [0.2, 0.25) is 0 Å². The summed E-state index contributed by atoms with van der Waals surface area (Å²) in [6, 6.07) is 14.7. The average Bonchev–Trinajstić information content (AvgIpc) is 3.22. The van der Waals surface area contributed by atoms with Crippen molar-refractivity contribution < 1.29 is 8.42 Å². The first-order valence-corrected chi connectivity index (χ1v) is 12.1. The number of nitrogens with zero attached hydrogens (tertiary/aromatic N) is 3. The minimum absolute atomic E-state index is 0.253. The molecule has 0 spiro atoms. The minimum Gasteiger partial charge on any atom is -0.211 e.